The number of anilines is 1. The van der Waals surface area contributed by atoms with Crippen LogP contribution in [-0.4, -0.2) is 38.3 Å². The van der Waals surface area contributed by atoms with Gasteiger partial charge in [0, 0.05) is 0 Å². The topological polar surface area (TPSA) is 110 Å². The zero-order valence-corrected chi connectivity index (χ0v) is 10.9. The fourth-order valence-corrected chi connectivity index (χ4v) is 2.39. The van der Waals surface area contributed by atoms with Crippen LogP contribution >= 0.6 is 0 Å². The minimum atomic E-state index is -3.92. The van der Waals surface area contributed by atoms with Crippen LogP contribution in [0.1, 0.15) is 5.56 Å². The molecular weight excluding hydrogens is 274 g/mol. The summed E-state index contributed by atoms with van der Waals surface area (Å²) >= 11 is 0. The Kier molecular flexibility index (Phi) is 4.87. The van der Waals surface area contributed by atoms with Gasteiger partial charge in [-0.1, -0.05) is 18.2 Å². The highest BCUT2D eigenvalue weighted by Gasteiger charge is 2.18. The molecule has 19 heavy (non-hydrogen) atoms. The Labute approximate surface area is 110 Å². The van der Waals surface area contributed by atoms with Crippen molar-refractivity contribution in [1.29, 1.82) is 0 Å². The van der Waals surface area contributed by atoms with Gasteiger partial charge in [-0.3, -0.25) is 14.3 Å². The summed E-state index contributed by atoms with van der Waals surface area (Å²) in [6.45, 7) is 0. The first-order valence-electron chi connectivity index (χ1n) is 5.21. The summed E-state index contributed by atoms with van der Waals surface area (Å²) in [6.07, 6.45) is -0.323. The Hall–Kier alpha value is -2.09. The fourth-order valence-electron chi connectivity index (χ4n) is 1.35. The van der Waals surface area contributed by atoms with Crippen molar-refractivity contribution in [2.24, 2.45) is 0 Å². The van der Waals surface area contributed by atoms with Gasteiger partial charge in [0.1, 0.15) is 0 Å². The molecule has 2 N–H and O–H groups in total. The van der Waals surface area contributed by atoms with Gasteiger partial charge in [-0.15, -0.1) is 0 Å². The van der Waals surface area contributed by atoms with E-state index < -0.39 is 27.7 Å². The van der Waals surface area contributed by atoms with Gasteiger partial charge >= 0.3 is 11.9 Å². The number of sulfonamides is 1. The van der Waals surface area contributed by atoms with Crippen LogP contribution in [0.5, 0.6) is 0 Å². The Morgan fingerprint density at radius 3 is 2.53 bits per heavy atom. The molecule has 0 fully saturated rings. The molecule has 0 spiro atoms. The van der Waals surface area contributed by atoms with Gasteiger partial charge in [0.05, 0.1) is 19.2 Å². The molecule has 0 aliphatic heterocycles. The smallest absolute Gasteiger partial charge is 0.322 e. The van der Waals surface area contributed by atoms with Crippen molar-refractivity contribution in [3.05, 3.63) is 29.8 Å². The van der Waals surface area contributed by atoms with Crippen LogP contribution in [0, 0.1) is 0 Å². The zero-order valence-electron chi connectivity index (χ0n) is 10.1. The lowest BCUT2D eigenvalue weighted by atomic mass is 10.1. The molecule has 1 rings (SSSR count). The van der Waals surface area contributed by atoms with Gasteiger partial charge in [0.15, 0.2) is 5.75 Å². The summed E-state index contributed by atoms with van der Waals surface area (Å²) in [7, 11) is -2.84. The number of carbonyl (C=O) groups is 2. The fraction of sp³-hybridized carbons (Fsp3) is 0.273. The summed E-state index contributed by atoms with van der Waals surface area (Å²) in [5, 5.41) is 8.72. The molecule has 1 aromatic carbocycles. The molecule has 104 valence electrons. The van der Waals surface area contributed by atoms with Crippen molar-refractivity contribution in [3.63, 3.8) is 0 Å². The molecule has 0 saturated carbocycles. The summed E-state index contributed by atoms with van der Waals surface area (Å²) in [6, 6.07) is 6.06. The average molecular weight is 287 g/mol. The van der Waals surface area contributed by atoms with Crippen LogP contribution in [0.3, 0.4) is 0 Å². The molecule has 0 amide bonds. The number of para-hydroxylation sites is 1. The number of rotatable bonds is 6. The molecule has 0 aliphatic rings. The predicted molar refractivity (Wildman–Crippen MR) is 67.2 cm³/mol. The van der Waals surface area contributed by atoms with E-state index in [1.807, 2.05) is 0 Å². The molecule has 0 radical (unpaired) electrons. The van der Waals surface area contributed by atoms with Gasteiger partial charge in [-0.2, -0.15) is 0 Å². The number of benzene rings is 1. The molecule has 0 aliphatic carbocycles. The van der Waals surface area contributed by atoms with Crippen molar-refractivity contribution in [3.8, 4) is 0 Å². The summed E-state index contributed by atoms with van der Waals surface area (Å²) < 4.78 is 29.7. The molecule has 7 nitrogen and oxygen atoms in total. The van der Waals surface area contributed by atoms with E-state index in [9.17, 15) is 18.0 Å². The molecule has 0 aromatic heterocycles. The average Bonchev–Trinajstić information content (AvgIpc) is 2.30. The van der Waals surface area contributed by atoms with Gasteiger partial charge in [0.25, 0.3) is 0 Å². The quantitative estimate of drug-likeness (QED) is 0.725. The van der Waals surface area contributed by atoms with Crippen molar-refractivity contribution in [2.45, 2.75) is 6.42 Å². The van der Waals surface area contributed by atoms with Crippen molar-refractivity contribution in [1.82, 2.24) is 0 Å². The largest absolute Gasteiger partial charge is 0.481 e. The number of aliphatic carboxylic acids is 1. The van der Waals surface area contributed by atoms with Gasteiger partial charge in [-0.05, 0) is 11.6 Å². The standard InChI is InChI=1S/C11H13NO6S/c1-18-11(15)7-19(16,17)12-9-5-3-2-4-8(9)6-10(13)14/h2-5,12H,6-7H2,1H3,(H,13,14). The lowest BCUT2D eigenvalue weighted by Crippen LogP contribution is -2.24. The third kappa shape index (κ3) is 4.96. The molecule has 0 saturated heterocycles. The van der Waals surface area contributed by atoms with Gasteiger partial charge < -0.3 is 9.84 Å². The summed E-state index contributed by atoms with van der Waals surface area (Å²) in [5.74, 6) is -2.81. The van der Waals surface area contributed by atoms with E-state index in [0.717, 1.165) is 7.11 Å². The van der Waals surface area contributed by atoms with Crippen LogP contribution < -0.4 is 4.72 Å². The van der Waals surface area contributed by atoms with Crippen LogP contribution in [0.4, 0.5) is 5.69 Å². The number of hydrogen-bond acceptors (Lipinski definition) is 5. The number of hydrogen-bond donors (Lipinski definition) is 2. The Morgan fingerprint density at radius 1 is 1.32 bits per heavy atom. The van der Waals surface area contributed by atoms with E-state index in [1.54, 1.807) is 12.1 Å². The summed E-state index contributed by atoms with van der Waals surface area (Å²) in [4.78, 5) is 21.6. The highest BCUT2D eigenvalue weighted by Crippen LogP contribution is 2.17. The SMILES string of the molecule is COC(=O)CS(=O)(=O)Nc1ccccc1CC(=O)O. The maximum absolute atomic E-state index is 11.6. The first-order chi connectivity index (χ1) is 8.84. The lowest BCUT2D eigenvalue weighted by molar-refractivity contribution is -0.138. The molecular formula is C11H13NO6S. The van der Waals surface area contributed by atoms with Crippen LogP contribution in [0.2, 0.25) is 0 Å². The second kappa shape index (κ2) is 6.19. The van der Waals surface area contributed by atoms with Gasteiger partial charge in [0.2, 0.25) is 10.0 Å². The third-order valence-electron chi connectivity index (χ3n) is 2.16. The molecule has 0 unspecified atom stereocenters. The van der Waals surface area contributed by atoms with E-state index in [2.05, 4.69) is 9.46 Å². The number of ether oxygens (including phenoxy) is 1. The first kappa shape index (κ1) is 15.0. The van der Waals surface area contributed by atoms with Crippen molar-refractivity contribution >= 4 is 27.6 Å². The van der Waals surface area contributed by atoms with Crippen molar-refractivity contribution in [2.75, 3.05) is 17.6 Å². The molecule has 1 aromatic rings. The predicted octanol–water partition coefficient (Wildman–Crippen LogP) is 0.228. The Balaban J connectivity index is 2.93. The van der Waals surface area contributed by atoms with E-state index in [4.69, 9.17) is 5.11 Å². The number of nitrogens with one attached hydrogen (secondary N) is 1. The second-order valence-electron chi connectivity index (χ2n) is 3.66. The highest BCUT2D eigenvalue weighted by molar-refractivity contribution is 7.93. The van der Waals surface area contributed by atoms with E-state index in [-0.39, 0.29) is 12.1 Å². The summed E-state index contributed by atoms with van der Waals surface area (Å²) in [5.41, 5.74) is 0.442. The number of methoxy groups -OCH3 is 1. The van der Waals surface area contributed by atoms with E-state index >= 15 is 0 Å². The first-order valence-corrected chi connectivity index (χ1v) is 6.86. The molecule has 0 bridgehead atoms. The van der Waals surface area contributed by atoms with E-state index in [0.29, 0.717) is 5.56 Å². The third-order valence-corrected chi connectivity index (χ3v) is 3.31. The van der Waals surface area contributed by atoms with Crippen LogP contribution in [0.25, 0.3) is 0 Å². The Morgan fingerprint density at radius 2 is 1.95 bits per heavy atom. The van der Waals surface area contributed by atoms with Crippen molar-refractivity contribution < 1.29 is 27.9 Å². The molecule has 0 heterocycles. The lowest BCUT2D eigenvalue weighted by Gasteiger charge is -2.10. The maximum Gasteiger partial charge on any atom is 0.322 e. The number of carbonyl (C=O) groups excluding carboxylic acids is 1. The normalized spacial score (nSPS) is 10.8. The molecule has 8 heteroatoms. The van der Waals surface area contributed by atoms with Crippen LogP contribution in [0.15, 0.2) is 24.3 Å². The second-order valence-corrected chi connectivity index (χ2v) is 5.39. The molecule has 0 atom stereocenters. The highest BCUT2D eigenvalue weighted by atomic mass is 32.2. The minimum absolute atomic E-state index is 0.133. The number of carboxylic acid groups (broad SMARTS) is 1. The van der Waals surface area contributed by atoms with Crippen LogP contribution in [-0.2, 0) is 30.8 Å². The minimum Gasteiger partial charge on any atom is -0.481 e. The monoisotopic (exact) mass is 287 g/mol. The van der Waals surface area contributed by atoms with Gasteiger partial charge in [-0.25, -0.2) is 8.42 Å². The zero-order chi connectivity index (χ0) is 14.5. The number of esters is 1. The number of carboxylic acids is 1. The Bertz CT molecular complexity index is 581. The van der Waals surface area contributed by atoms with E-state index in [1.165, 1.54) is 12.1 Å². The maximum atomic E-state index is 11.6.